The zero-order valence-corrected chi connectivity index (χ0v) is 18.5. The van der Waals surface area contributed by atoms with Gasteiger partial charge in [-0.05, 0) is 11.8 Å². The van der Waals surface area contributed by atoms with Gasteiger partial charge in [0.25, 0.3) is 5.56 Å². The summed E-state index contributed by atoms with van der Waals surface area (Å²) in [7, 11) is -11.1. The Morgan fingerprint density at radius 1 is 1.29 bits per heavy atom. The summed E-state index contributed by atoms with van der Waals surface area (Å²) in [5.41, 5.74) is -4.05. The minimum Gasteiger partial charge on any atom is -0.387 e. The molecule has 1 saturated heterocycles. The standard InChI is InChI=1S/C11H17N2O14P3S/c1-2-11(17)8(15)6(25-9(11)13-4-3-7(14)12-10(13)16)5-24-30(23,31)27-29(21,22)26-28(18,19)20/h2-4,6,8-9,15,17H,1,5H2,(H,21,22)(H,23,31)(H,12,14,16)(H2,18,19,20)/t6-,8-,9?,11-,30-/m1/s1. The molecule has 0 saturated carbocycles. The van der Waals surface area contributed by atoms with Crippen LogP contribution in [0.2, 0.25) is 0 Å². The van der Waals surface area contributed by atoms with Gasteiger partial charge in [0.1, 0.15) is 12.2 Å². The topological polar surface area (TPSA) is 247 Å². The molecule has 16 nitrogen and oxygen atoms in total. The third kappa shape index (κ3) is 6.57. The maximum absolute atomic E-state index is 12.0. The minimum absolute atomic E-state index is 0.730. The summed E-state index contributed by atoms with van der Waals surface area (Å²) < 4.78 is 40.5. The molecule has 7 N–H and O–H groups in total. The van der Waals surface area contributed by atoms with Gasteiger partial charge in [-0.2, -0.15) is 4.31 Å². The van der Waals surface area contributed by atoms with Crippen LogP contribution in [0.15, 0.2) is 34.5 Å². The van der Waals surface area contributed by atoms with Crippen molar-refractivity contribution in [2.24, 2.45) is 0 Å². The monoisotopic (exact) mass is 526 g/mol. The number of aromatic amines is 1. The maximum Gasteiger partial charge on any atom is 0.488 e. The van der Waals surface area contributed by atoms with E-state index in [2.05, 4.69) is 27.0 Å². The van der Waals surface area contributed by atoms with Crippen molar-refractivity contribution in [3.63, 3.8) is 0 Å². The molecule has 20 heteroatoms. The number of phosphoric acid groups is 2. The summed E-state index contributed by atoms with van der Waals surface area (Å²) in [6, 6.07) is 0.936. The lowest BCUT2D eigenvalue weighted by Crippen LogP contribution is -2.47. The SMILES string of the molecule is C=C[C@]1(O)C(n2ccc(=O)[nH]c2=O)O[C@H](CO[P@@](O)(=S)OP(=O)(O)OP(=O)(O)O)[C@H]1O. The van der Waals surface area contributed by atoms with Crippen LogP contribution in [-0.4, -0.2) is 63.8 Å². The molecule has 0 bridgehead atoms. The highest BCUT2D eigenvalue weighted by Gasteiger charge is 2.55. The van der Waals surface area contributed by atoms with Crippen molar-refractivity contribution >= 4 is 34.2 Å². The van der Waals surface area contributed by atoms with E-state index in [4.69, 9.17) is 19.0 Å². The van der Waals surface area contributed by atoms with Crippen LogP contribution >= 0.6 is 22.4 Å². The third-order valence-electron chi connectivity index (χ3n) is 3.77. The molecular formula is C11H17N2O14P3S. The molecule has 1 aliphatic heterocycles. The first kappa shape index (κ1) is 26.4. The second-order valence-corrected chi connectivity index (χ2v) is 11.8. The van der Waals surface area contributed by atoms with Crippen molar-refractivity contribution in [1.29, 1.82) is 0 Å². The number of H-pyrrole nitrogens is 1. The van der Waals surface area contributed by atoms with E-state index in [1.54, 1.807) is 0 Å². The Labute approximate surface area is 177 Å². The van der Waals surface area contributed by atoms with Gasteiger partial charge < -0.3 is 39.0 Å². The van der Waals surface area contributed by atoms with Crippen LogP contribution in [0.3, 0.4) is 0 Å². The van der Waals surface area contributed by atoms with Gasteiger partial charge in [0.05, 0.1) is 6.61 Å². The van der Waals surface area contributed by atoms with Crippen molar-refractivity contribution in [1.82, 2.24) is 9.55 Å². The number of hydrogen-bond donors (Lipinski definition) is 7. The zero-order chi connectivity index (χ0) is 23.8. The first-order valence-corrected chi connectivity index (χ1v) is 13.4. The van der Waals surface area contributed by atoms with Gasteiger partial charge in [-0.15, -0.1) is 0 Å². The van der Waals surface area contributed by atoms with E-state index in [-0.39, 0.29) is 0 Å². The second-order valence-electron chi connectivity index (χ2n) is 5.97. The molecule has 6 atom stereocenters. The van der Waals surface area contributed by atoms with E-state index >= 15 is 0 Å². The first-order chi connectivity index (χ1) is 14.0. The van der Waals surface area contributed by atoms with Gasteiger partial charge in [0.2, 0.25) is 0 Å². The Morgan fingerprint density at radius 3 is 2.42 bits per heavy atom. The summed E-state index contributed by atoms with van der Waals surface area (Å²) in [4.78, 5) is 61.3. The van der Waals surface area contributed by atoms with Crippen LogP contribution in [-0.2, 0) is 38.8 Å². The van der Waals surface area contributed by atoms with Gasteiger partial charge in [-0.25, -0.2) is 18.2 Å². The average Bonchev–Trinajstić information content (AvgIpc) is 2.82. The van der Waals surface area contributed by atoms with Crippen LogP contribution < -0.4 is 11.2 Å². The van der Waals surface area contributed by atoms with Crippen molar-refractivity contribution in [2.75, 3.05) is 6.61 Å². The number of aliphatic hydroxyl groups is 2. The fourth-order valence-corrected chi connectivity index (χ4v) is 6.49. The van der Waals surface area contributed by atoms with Crippen molar-refractivity contribution < 1.29 is 56.8 Å². The summed E-state index contributed by atoms with van der Waals surface area (Å²) >= 11 is 4.44. The summed E-state index contributed by atoms with van der Waals surface area (Å²) in [6.45, 7) is -2.25. The highest BCUT2D eigenvalue weighted by Crippen LogP contribution is 2.66. The van der Waals surface area contributed by atoms with Crippen LogP contribution in [0, 0.1) is 0 Å². The molecule has 1 aliphatic rings. The molecule has 0 spiro atoms. The van der Waals surface area contributed by atoms with Crippen LogP contribution in [0.5, 0.6) is 0 Å². The minimum atomic E-state index is -5.56. The first-order valence-electron chi connectivity index (χ1n) is 7.79. The van der Waals surface area contributed by atoms with E-state index in [9.17, 15) is 38.7 Å². The second kappa shape index (κ2) is 9.17. The van der Waals surface area contributed by atoms with E-state index < -0.39 is 64.3 Å². The lowest BCUT2D eigenvalue weighted by Gasteiger charge is -2.28. The van der Waals surface area contributed by atoms with Gasteiger partial charge >= 0.3 is 28.1 Å². The molecule has 0 radical (unpaired) electrons. The quantitative estimate of drug-likeness (QED) is 0.138. The van der Waals surface area contributed by atoms with Crippen molar-refractivity contribution in [3.05, 3.63) is 45.8 Å². The number of aliphatic hydroxyl groups excluding tert-OH is 1. The van der Waals surface area contributed by atoms with Crippen LogP contribution in [0.4, 0.5) is 0 Å². The van der Waals surface area contributed by atoms with Crippen molar-refractivity contribution in [2.45, 2.75) is 24.0 Å². The molecule has 0 amide bonds. The largest absolute Gasteiger partial charge is 0.488 e. The summed E-state index contributed by atoms with van der Waals surface area (Å²) in [5, 5.41) is 21.1. The molecule has 1 fully saturated rings. The number of aromatic nitrogens is 2. The number of hydrogen-bond acceptors (Lipinski definition) is 11. The van der Waals surface area contributed by atoms with Gasteiger partial charge in [-0.3, -0.25) is 14.3 Å². The van der Waals surface area contributed by atoms with E-state index in [1.807, 2.05) is 4.98 Å². The molecule has 31 heavy (non-hydrogen) atoms. The zero-order valence-electron chi connectivity index (χ0n) is 15.0. The van der Waals surface area contributed by atoms with Crippen LogP contribution in [0.25, 0.3) is 0 Å². The lowest BCUT2D eigenvalue weighted by atomic mass is 9.94. The molecule has 0 aliphatic carbocycles. The smallest absolute Gasteiger partial charge is 0.387 e. The molecule has 1 aromatic heterocycles. The Bertz CT molecular complexity index is 1100. The lowest BCUT2D eigenvalue weighted by molar-refractivity contribution is -0.0807. The van der Waals surface area contributed by atoms with Crippen LogP contribution in [0.1, 0.15) is 6.23 Å². The van der Waals surface area contributed by atoms with E-state index in [0.29, 0.717) is 0 Å². The molecule has 2 heterocycles. The number of rotatable bonds is 9. The molecular weight excluding hydrogens is 509 g/mol. The predicted molar refractivity (Wildman–Crippen MR) is 103 cm³/mol. The van der Waals surface area contributed by atoms with Crippen molar-refractivity contribution in [3.8, 4) is 0 Å². The predicted octanol–water partition coefficient (Wildman–Crippen LogP) is -1.83. The molecule has 2 rings (SSSR count). The highest BCUT2D eigenvalue weighted by molar-refractivity contribution is 8.08. The molecule has 0 aromatic carbocycles. The van der Waals surface area contributed by atoms with Gasteiger partial charge in [0, 0.05) is 12.3 Å². The normalized spacial score (nSPS) is 30.5. The number of ether oxygens (including phenoxy) is 1. The Kier molecular flexibility index (Phi) is 7.81. The third-order valence-corrected chi connectivity index (χ3v) is 8.49. The van der Waals surface area contributed by atoms with Gasteiger partial charge in [-0.1, -0.05) is 12.7 Å². The average molecular weight is 526 g/mol. The summed E-state index contributed by atoms with van der Waals surface area (Å²) in [5.74, 6) is 0. The summed E-state index contributed by atoms with van der Waals surface area (Å²) in [6.07, 6.45) is -3.20. The maximum atomic E-state index is 12.0. The fraction of sp³-hybridized carbons (Fsp3) is 0.455. The van der Waals surface area contributed by atoms with Gasteiger partial charge in [0.15, 0.2) is 11.8 Å². The number of nitrogens with zero attached hydrogens (tertiary/aromatic N) is 1. The number of nitrogens with one attached hydrogen (secondary N) is 1. The Hall–Kier alpha value is -0.870. The van der Waals surface area contributed by atoms with E-state index in [1.165, 1.54) is 0 Å². The highest BCUT2D eigenvalue weighted by atomic mass is 32.5. The molecule has 1 aromatic rings. The molecule has 176 valence electrons. The molecule has 2 unspecified atom stereocenters. The van der Waals surface area contributed by atoms with E-state index in [0.717, 1.165) is 22.9 Å². The Balaban J connectivity index is 2.19. The fourth-order valence-electron chi connectivity index (χ4n) is 2.52. The Morgan fingerprint density at radius 2 is 1.90 bits per heavy atom.